The molecule has 1 rings (SSSR count). The van der Waals surface area contributed by atoms with Gasteiger partial charge in [0, 0.05) is 0 Å². The zero-order valence-electron chi connectivity index (χ0n) is 7.99. The monoisotopic (exact) mass is 219 g/mol. The maximum atomic E-state index is 9.56. The van der Waals surface area contributed by atoms with Crippen LogP contribution >= 0.6 is 0 Å². The molecule has 0 saturated carbocycles. The van der Waals surface area contributed by atoms with Gasteiger partial charge in [0.25, 0.3) is 10.1 Å². The summed E-state index contributed by atoms with van der Waals surface area (Å²) in [6.45, 7) is 4.40. The molecular formula is C6H14NNaO4S. The van der Waals surface area contributed by atoms with Crippen LogP contribution in [0.25, 0.3) is 0 Å². The van der Waals surface area contributed by atoms with Crippen LogP contribution in [0.2, 0.25) is 0 Å². The third-order valence-electron chi connectivity index (χ3n) is 1.48. The van der Waals surface area contributed by atoms with Crippen LogP contribution in [0.5, 0.6) is 0 Å². The number of nitrogens with one attached hydrogen (secondary N) is 1. The first-order chi connectivity index (χ1) is 5.95. The van der Waals surface area contributed by atoms with Crippen molar-refractivity contribution in [2.75, 3.05) is 25.4 Å². The van der Waals surface area contributed by atoms with Crippen LogP contribution in [0.4, 0.5) is 0 Å². The van der Waals surface area contributed by atoms with E-state index in [0.717, 1.165) is 19.7 Å². The molecule has 1 aliphatic rings. The average Bonchev–Trinajstić information content (AvgIpc) is 2.06. The Bertz CT molecular complexity index is 213. The predicted octanol–water partition coefficient (Wildman–Crippen LogP) is -1.01. The van der Waals surface area contributed by atoms with Crippen LogP contribution in [0.3, 0.4) is 0 Å². The summed E-state index contributed by atoms with van der Waals surface area (Å²) in [5, 5.41) is 3.24. The van der Waals surface area contributed by atoms with Gasteiger partial charge in [0.15, 0.2) is 0 Å². The summed E-state index contributed by atoms with van der Waals surface area (Å²) >= 11 is 1.17. The van der Waals surface area contributed by atoms with Crippen LogP contribution in [-0.4, -0.2) is 69.7 Å². The second kappa shape index (κ2) is 7.17. The molecule has 2 N–H and O–H groups in total. The van der Waals surface area contributed by atoms with Crippen molar-refractivity contribution in [2.24, 2.45) is 0 Å². The second-order valence-electron chi connectivity index (χ2n) is 2.76. The van der Waals surface area contributed by atoms with Gasteiger partial charge >= 0.3 is 61.0 Å². The molecule has 1 atom stereocenters. The molecule has 7 heteroatoms. The SMILES string of the molecule is CCS(=O)(=O)O.[Na][CH]1CNCCO1. The molecule has 1 saturated heterocycles. The van der Waals surface area contributed by atoms with Gasteiger partial charge in [-0.15, -0.1) is 0 Å². The van der Waals surface area contributed by atoms with Crippen molar-refractivity contribution < 1.29 is 17.7 Å². The van der Waals surface area contributed by atoms with Gasteiger partial charge in [0.2, 0.25) is 0 Å². The first kappa shape index (κ1) is 13.8. The zero-order valence-corrected chi connectivity index (χ0v) is 10.8. The molecular weight excluding hydrogens is 205 g/mol. The van der Waals surface area contributed by atoms with E-state index in [9.17, 15) is 8.42 Å². The summed E-state index contributed by atoms with van der Waals surface area (Å²) < 4.78 is 32.8. The Morgan fingerprint density at radius 1 is 1.69 bits per heavy atom. The third-order valence-corrected chi connectivity index (χ3v) is 2.95. The summed E-state index contributed by atoms with van der Waals surface area (Å²) in [7, 11) is -3.66. The number of rotatable bonds is 1. The fraction of sp³-hybridized carbons (Fsp3) is 1.00. The topological polar surface area (TPSA) is 75.6 Å². The number of morpholine rings is 1. The van der Waals surface area contributed by atoms with E-state index >= 15 is 0 Å². The van der Waals surface area contributed by atoms with Crippen LogP contribution in [-0.2, 0) is 14.9 Å². The Kier molecular flexibility index (Phi) is 7.62. The predicted molar refractivity (Wildman–Crippen MR) is 50.5 cm³/mol. The van der Waals surface area contributed by atoms with Gasteiger partial charge in [0.05, 0.1) is 5.75 Å². The Hall–Kier alpha value is 0.830. The fourth-order valence-electron chi connectivity index (χ4n) is 0.697. The van der Waals surface area contributed by atoms with E-state index in [2.05, 4.69) is 5.32 Å². The van der Waals surface area contributed by atoms with Crippen molar-refractivity contribution in [3.63, 3.8) is 0 Å². The molecule has 0 aromatic heterocycles. The Balaban J connectivity index is 0.000000226. The second-order valence-corrected chi connectivity index (χ2v) is 5.79. The van der Waals surface area contributed by atoms with Crippen molar-refractivity contribution in [2.45, 2.75) is 10.3 Å². The van der Waals surface area contributed by atoms with E-state index in [1.165, 1.54) is 34.9 Å². The van der Waals surface area contributed by atoms with E-state index < -0.39 is 10.1 Å². The molecule has 13 heavy (non-hydrogen) atoms. The van der Waals surface area contributed by atoms with Crippen molar-refractivity contribution in [1.29, 1.82) is 0 Å². The quantitative estimate of drug-likeness (QED) is 0.437. The van der Waals surface area contributed by atoms with Crippen molar-refractivity contribution in [3.05, 3.63) is 0 Å². The van der Waals surface area contributed by atoms with Crippen molar-refractivity contribution in [1.82, 2.24) is 5.32 Å². The van der Waals surface area contributed by atoms with Gasteiger partial charge in [-0.2, -0.15) is 8.42 Å². The summed E-state index contributed by atoms with van der Waals surface area (Å²) in [6, 6.07) is 0. The molecule has 0 bridgehead atoms. The first-order valence-corrected chi connectivity index (χ1v) is 6.99. The summed E-state index contributed by atoms with van der Waals surface area (Å²) in [6.07, 6.45) is 0. The average molecular weight is 219 g/mol. The molecule has 0 aromatic rings. The van der Waals surface area contributed by atoms with Crippen LogP contribution in [0.1, 0.15) is 6.92 Å². The molecule has 1 fully saturated rings. The molecule has 0 amide bonds. The standard InChI is InChI=1S/C4H8NO.C2H6O3S.Na/c1-3-6-4-2-5-1;1-2-6(3,4)5;/h3,5H,1-2,4H2;2H2,1H3,(H,3,4,5);. The van der Waals surface area contributed by atoms with Gasteiger partial charge in [-0.3, -0.25) is 4.55 Å². The summed E-state index contributed by atoms with van der Waals surface area (Å²) in [4.78, 5) is 0. The fourth-order valence-corrected chi connectivity index (χ4v) is 1.22. The number of hydrogen-bond donors (Lipinski definition) is 2. The molecule has 0 aromatic carbocycles. The van der Waals surface area contributed by atoms with Crippen molar-refractivity contribution >= 4 is 38.0 Å². The van der Waals surface area contributed by atoms with Crippen molar-refractivity contribution in [3.8, 4) is 0 Å². The Labute approximate surface area is 96.4 Å². The molecule has 1 unspecified atom stereocenters. The van der Waals surface area contributed by atoms with Crippen LogP contribution in [0, 0.1) is 0 Å². The normalized spacial score (nSPS) is 23.2. The number of hydrogen-bond acceptors (Lipinski definition) is 4. The number of ether oxygens (including phenoxy) is 1. The van der Waals surface area contributed by atoms with Gasteiger partial charge in [-0.1, -0.05) is 0 Å². The molecule has 0 aliphatic carbocycles. The van der Waals surface area contributed by atoms with Gasteiger partial charge in [-0.05, 0) is 6.92 Å². The molecule has 5 nitrogen and oxygen atoms in total. The molecule has 0 radical (unpaired) electrons. The Morgan fingerprint density at radius 3 is 2.38 bits per heavy atom. The first-order valence-electron chi connectivity index (χ1n) is 4.23. The molecule has 74 valence electrons. The van der Waals surface area contributed by atoms with Gasteiger partial charge in [0.1, 0.15) is 0 Å². The van der Waals surface area contributed by atoms with Gasteiger partial charge in [-0.25, -0.2) is 0 Å². The third kappa shape index (κ3) is 10.8. The van der Waals surface area contributed by atoms with E-state index in [4.69, 9.17) is 9.29 Å². The minimum atomic E-state index is -3.66. The summed E-state index contributed by atoms with van der Waals surface area (Å²) in [5.74, 6) is -0.201. The van der Waals surface area contributed by atoms with Crippen LogP contribution < -0.4 is 5.32 Å². The van der Waals surface area contributed by atoms with E-state index in [1.54, 1.807) is 0 Å². The maximum absolute atomic E-state index is 9.56. The minimum absolute atomic E-state index is 0.201. The van der Waals surface area contributed by atoms with Gasteiger partial charge < -0.3 is 0 Å². The van der Waals surface area contributed by atoms with E-state index in [1.807, 2.05) is 0 Å². The molecule has 0 spiro atoms. The summed E-state index contributed by atoms with van der Waals surface area (Å²) in [5.41, 5.74) is 0. The molecule has 1 aliphatic heterocycles. The Morgan fingerprint density at radius 2 is 2.23 bits per heavy atom. The van der Waals surface area contributed by atoms with E-state index in [0.29, 0.717) is 3.35 Å². The van der Waals surface area contributed by atoms with Crippen LogP contribution in [0.15, 0.2) is 0 Å². The van der Waals surface area contributed by atoms with E-state index in [-0.39, 0.29) is 5.75 Å². The molecule has 1 heterocycles. The zero-order chi connectivity index (χ0) is 10.3.